The molecule has 4 rings (SSSR count). The third-order valence-corrected chi connectivity index (χ3v) is 6.56. The Labute approximate surface area is 210 Å². The molecule has 1 aliphatic heterocycles. The zero-order valence-electron chi connectivity index (χ0n) is 20.5. The van der Waals surface area contributed by atoms with Gasteiger partial charge in [-0.05, 0) is 87.2 Å². The van der Waals surface area contributed by atoms with Crippen LogP contribution in [0.25, 0.3) is 5.69 Å². The van der Waals surface area contributed by atoms with Crippen LogP contribution in [0.2, 0.25) is 0 Å². The van der Waals surface area contributed by atoms with Gasteiger partial charge in [0.2, 0.25) is 0 Å². The number of hydrogen-bond acceptors (Lipinski definition) is 6. The molecule has 1 aliphatic rings. The lowest BCUT2D eigenvalue weighted by atomic mass is 9.96. The number of hydrogen-bond donors (Lipinski definition) is 2. The average molecular weight is 494 g/mol. The van der Waals surface area contributed by atoms with Crippen molar-refractivity contribution in [3.63, 3.8) is 0 Å². The number of carbonyl (C=O) groups excluding carboxylic acids is 2. The number of rotatable bonds is 9. The van der Waals surface area contributed by atoms with E-state index in [2.05, 4.69) is 15.3 Å². The minimum Gasteiger partial charge on any atom is -0.462 e. The van der Waals surface area contributed by atoms with Gasteiger partial charge in [0.15, 0.2) is 0 Å². The highest BCUT2D eigenvalue weighted by Crippen LogP contribution is 2.20. The van der Waals surface area contributed by atoms with Gasteiger partial charge in [-0.3, -0.25) is 4.79 Å². The average Bonchev–Trinajstić information content (AvgIpc) is 3.29. The number of ether oxygens (including phenoxy) is 1. The lowest BCUT2D eigenvalue weighted by Crippen LogP contribution is -2.39. The second-order valence-corrected chi connectivity index (χ2v) is 8.99. The molecule has 0 bridgehead atoms. The molecule has 190 valence electrons. The number of piperidine rings is 1. The Bertz CT molecular complexity index is 1170. The molecule has 1 aromatic heterocycles. The number of amides is 1. The number of benzene rings is 2. The number of nitrogens with one attached hydrogen (secondary N) is 1. The zero-order valence-corrected chi connectivity index (χ0v) is 20.5. The van der Waals surface area contributed by atoms with E-state index in [0.717, 1.165) is 44.5 Å². The molecule has 0 radical (unpaired) electrons. The van der Waals surface area contributed by atoms with Crippen molar-refractivity contribution in [3.05, 3.63) is 77.2 Å². The van der Waals surface area contributed by atoms with E-state index in [9.17, 15) is 14.0 Å². The lowest BCUT2D eigenvalue weighted by molar-refractivity contribution is 0.0527. The summed E-state index contributed by atoms with van der Waals surface area (Å²) < 4.78 is 19.5. The first-order valence-electron chi connectivity index (χ1n) is 12.3. The number of aromatic nitrogens is 2. The van der Waals surface area contributed by atoms with Crippen LogP contribution in [0.3, 0.4) is 0 Å². The van der Waals surface area contributed by atoms with Crippen LogP contribution in [0.4, 0.5) is 10.2 Å². The quantitative estimate of drug-likeness (QED) is 0.443. The molecule has 1 fully saturated rings. The maximum absolute atomic E-state index is 13.0. The Morgan fingerprint density at radius 1 is 1.11 bits per heavy atom. The number of likely N-dealkylation sites (tertiary alicyclic amines) is 1. The maximum Gasteiger partial charge on any atom is 0.343 e. The van der Waals surface area contributed by atoms with Gasteiger partial charge in [0, 0.05) is 18.7 Å². The Balaban J connectivity index is 1.22. The van der Waals surface area contributed by atoms with Gasteiger partial charge in [0.25, 0.3) is 5.91 Å². The van der Waals surface area contributed by atoms with Crippen LogP contribution in [0, 0.1) is 11.7 Å². The summed E-state index contributed by atoms with van der Waals surface area (Å²) in [6.07, 6.45) is 4.35. The van der Waals surface area contributed by atoms with Crippen molar-refractivity contribution < 1.29 is 18.7 Å². The summed E-state index contributed by atoms with van der Waals surface area (Å²) in [4.78, 5) is 27.0. The minimum absolute atomic E-state index is 0.124. The molecule has 8 nitrogen and oxygen atoms in total. The number of carbonyl (C=O) groups is 2. The molecule has 0 saturated carbocycles. The van der Waals surface area contributed by atoms with Crippen LogP contribution < -0.4 is 11.1 Å². The Morgan fingerprint density at radius 2 is 1.81 bits per heavy atom. The standard InChI is InChI=1S/C27H32FN5O3/c1-2-36-27(35)24-18-31-33(25(24)29)23-9-5-21(6-10-23)26(34)30-17-20-12-15-32(16-13-20)14-11-19-3-7-22(28)8-4-19/h3-10,18,20H,2,11-17,29H2,1H3,(H,30,34). The van der Waals surface area contributed by atoms with Crippen LogP contribution in [0.5, 0.6) is 0 Å². The maximum atomic E-state index is 13.0. The number of esters is 1. The first kappa shape index (κ1) is 25.4. The summed E-state index contributed by atoms with van der Waals surface area (Å²) in [6, 6.07) is 13.6. The van der Waals surface area contributed by atoms with E-state index in [1.165, 1.54) is 23.0 Å². The van der Waals surface area contributed by atoms with Gasteiger partial charge in [-0.25, -0.2) is 13.9 Å². The molecule has 0 aliphatic carbocycles. The fraction of sp³-hybridized carbons (Fsp3) is 0.370. The molecular formula is C27H32FN5O3. The zero-order chi connectivity index (χ0) is 25.5. The van der Waals surface area contributed by atoms with Gasteiger partial charge < -0.3 is 20.7 Å². The van der Waals surface area contributed by atoms with Crippen LogP contribution in [-0.4, -0.2) is 59.3 Å². The molecule has 0 atom stereocenters. The highest BCUT2D eigenvalue weighted by atomic mass is 19.1. The second-order valence-electron chi connectivity index (χ2n) is 8.99. The molecule has 0 spiro atoms. The van der Waals surface area contributed by atoms with E-state index in [0.29, 0.717) is 23.7 Å². The van der Waals surface area contributed by atoms with E-state index >= 15 is 0 Å². The third kappa shape index (κ3) is 6.28. The number of halogens is 1. The predicted octanol–water partition coefficient (Wildman–Crippen LogP) is 3.45. The van der Waals surface area contributed by atoms with E-state index in [1.807, 2.05) is 12.1 Å². The number of nitrogens with two attached hydrogens (primary N) is 1. The first-order valence-corrected chi connectivity index (χ1v) is 12.3. The van der Waals surface area contributed by atoms with E-state index < -0.39 is 5.97 Å². The van der Waals surface area contributed by atoms with Gasteiger partial charge in [-0.1, -0.05) is 12.1 Å². The van der Waals surface area contributed by atoms with Crippen molar-refractivity contribution in [1.29, 1.82) is 0 Å². The first-order chi connectivity index (χ1) is 17.4. The molecule has 9 heteroatoms. The molecule has 2 heterocycles. The van der Waals surface area contributed by atoms with Crippen molar-refractivity contribution >= 4 is 17.7 Å². The van der Waals surface area contributed by atoms with E-state index in [-0.39, 0.29) is 29.7 Å². The van der Waals surface area contributed by atoms with E-state index in [4.69, 9.17) is 10.5 Å². The Kier molecular flexibility index (Phi) is 8.32. The number of anilines is 1. The van der Waals surface area contributed by atoms with Gasteiger partial charge >= 0.3 is 5.97 Å². The topological polar surface area (TPSA) is 102 Å². The monoisotopic (exact) mass is 493 g/mol. The van der Waals surface area contributed by atoms with Gasteiger partial charge in [0.05, 0.1) is 18.5 Å². The fourth-order valence-corrected chi connectivity index (χ4v) is 4.38. The Hall–Kier alpha value is -3.72. The summed E-state index contributed by atoms with van der Waals surface area (Å²) >= 11 is 0. The number of nitrogens with zero attached hydrogens (tertiary/aromatic N) is 3. The Morgan fingerprint density at radius 3 is 2.47 bits per heavy atom. The lowest BCUT2D eigenvalue weighted by Gasteiger charge is -2.32. The van der Waals surface area contributed by atoms with E-state index in [1.54, 1.807) is 31.2 Å². The highest BCUT2D eigenvalue weighted by Gasteiger charge is 2.20. The second kappa shape index (κ2) is 11.8. The summed E-state index contributed by atoms with van der Waals surface area (Å²) in [5.74, 6) is -0.211. The number of nitrogen functional groups attached to an aromatic ring is 1. The van der Waals surface area contributed by atoms with Gasteiger partial charge in [-0.2, -0.15) is 5.10 Å². The summed E-state index contributed by atoms with van der Waals surface area (Å²) in [7, 11) is 0. The minimum atomic E-state index is -0.518. The van der Waals surface area contributed by atoms with Crippen molar-refractivity contribution in [2.45, 2.75) is 26.2 Å². The molecule has 2 aromatic carbocycles. The van der Waals surface area contributed by atoms with Crippen molar-refractivity contribution in [3.8, 4) is 5.69 Å². The highest BCUT2D eigenvalue weighted by molar-refractivity contribution is 5.95. The molecule has 1 saturated heterocycles. The molecule has 1 amide bonds. The SMILES string of the molecule is CCOC(=O)c1cnn(-c2ccc(C(=O)NCC3CCN(CCc4ccc(F)cc4)CC3)cc2)c1N. The van der Waals surface area contributed by atoms with Crippen LogP contribution >= 0.6 is 0 Å². The van der Waals surface area contributed by atoms with Crippen molar-refractivity contribution in [2.75, 3.05) is 38.5 Å². The van der Waals surface area contributed by atoms with Crippen molar-refractivity contribution in [1.82, 2.24) is 20.0 Å². The molecule has 3 N–H and O–H groups in total. The van der Waals surface area contributed by atoms with Crippen molar-refractivity contribution in [2.24, 2.45) is 5.92 Å². The largest absolute Gasteiger partial charge is 0.462 e. The van der Waals surface area contributed by atoms with Crippen LogP contribution in [0.1, 0.15) is 46.0 Å². The summed E-state index contributed by atoms with van der Waals surface area (Å²) in [6.45, 7) is 5.57. The van der Waals surface area contributed by atoms with Crippen LogP contribution in [-0.2, 0) is 11.2 Å². The fourth-order valence-electron chi connectivity index (χ4n) is 4.38. The van der Waals surface area contributed by atoms with Gasteiger partial charge in [0.1, 0.15) is 17.2 Å². The normalized spacial score (nSPS) is 14.5. The molecule has 3 aromatic rings. The molecule has 36 heavy (non-hydrogen) atoms. The van der Waals surface area contributed by atoms with Crippen LogP contribution in [0.15, 0.2) is 54.7 Å². The summed E-state index contributed by atoms with van der Waals surface area (Å²) in [5, 5.41) is 7.22. The predicted molar refractivity (Wildman–Crippen MR) is 136 cm³/mol. The summed E-state index contributed by atoms with van der Waals surface area (Å²) in [5.41, 5.74) is 8.61. The molecular weight excluding hydrogens is 461 g/mol. The third-order valence-electron chi connectivity index (χ3n) is 6.56. The molecule has 0 unspecified atom stereocenters. The smallest absolute Gasteiger partial charge is 0.343 e. The van der Waals surface area contributed by atoms with Gasteiger partial charge in [-0.15, -0.1) is 0 Å².